The van der Waals surface area contributed by atoms with E-state index in [2.05, 4.69) is 68.4 Å². The summed E-state index contributed by atoms with van der Waals surface area (Å²) in [5, 5.41) is 0.347. The summed E-state index contributed by atoms with van der Waals surface area (Å²) in [6.07, 6.45) is 0. The SMILES string of the molecule is Cc1cccc(C(SCc2ccccc2)C(C)N)c1. The van der Waals surface area contributed by atoms with Gasteiger partial charge < -0.3 is 5.73 Å². The van der Waals surface area contributed by atoms with Gasteiger partial charge in [0.15, 0.2) is 0 Å². The van der Waals surface area contributed by atoms with Crippen LogP contribution in [0.3, 0.4) is 0 Å². The molecule has 2 unspecified atom stereocenters. The van der Waals surface area contributed by atoms with Gasteiger partial charge in [0.2, 0.25) is 0 Å². The second-order valence-electron chi connectivity index (χ2n) is 4.99. The molecule has 0 spiro atoms. The summed E-state index contributed by atoms with van der Waals surface area (Å²) in [7, 11) is 0. The zero-order valence-corrected chi connectivity index (χ0v) is 12.4. The minimum absolute atomic E-state index is 0.149. The van der Waals surface area contributed by atoms with Gasteiger partial charge in [0.25, 0.3) is 0 Å². The number of thioether (sulfide) groups is 1. The lowest BCUT2D eigenvalue weighted by Crippen LogP contribution is -2.22. The summed E-state index contributed by atoms with van der Waals surface area (Å²) in [5.41, 5.74) is 10.1. The molecule has 19 heavy (non-hydrogen) atoms. The van der Waals surface area contributed by atoms with E-state index in [-0.39, 0.29) is 6.04 Å². The van der Waals surface area contributed by atoms with Crippen molar-refractivity contribution in [3.8, 4) is 0 Å². The topological polar surface area (TPSA) is 26.0 Å². The predicted octanol–water partition coefficient (Wildman–Crippen LogP) is 4.32. The normalized spacial score (nSPS) is 14.1. The fraction of sp³-hybridized carbons (Fsp3) is 0.294. The van der Waals surface area contributed by atoms with E-state index in [1.807, 2.05) is 11.8 Å². The lowest BCUT2D eigenvalue weighted by molar-refractivity contribution is 0.721. The van der Waals surface area contributed by atoms with Gasteiger partial charge in [-0.3, -0.25) is 0 Å². The first-order valence-corrected chi connectivity index (χ1v) is 7.69. The molecule has 2 heteroatoms. The quantitative estimate of drug-likeness (QED) is 0.876. The third-order valence-corrected chi connectivity index (χ3v) is 4.68. The molecule has 0 bridgehead atoms. The molecule has 0 radical (unpaired) electrons. The highest BCUT2D eigenvalue weighted by Gasteiger charge is 2.16. The highest BCUT2D eigenvalue weighted by Crippen LogP contribution is 2.34. The number of benzene rings is 2. The molecular formula is C17H21NS. The zero-order chi connectivity index (χ0) is 13.7. The fourth-order valence-electron chi connectivity index (χ4n) is 2.16. The molecular weight excluding hydrogens is 250 g/mol. The zero-order valence-electron chi connectivity index (χ0n) is 11.5. The number of aryl methyl sites for hydroxylation is 1. The van der Waals surface area contributed by atoms with Crippen molar-refractivity contribution in [1.82, 2.24) is 0 Å². The van der Waals surface area contributed by atoms with Crippen LogP contribution in [-0.4, -0.2) is 6.04 Å². The Morgan fingerprint density at radius 2 is 1.79 bits per heavy atom. The van der Waals surface area contributed by atoms with Crippen LogP contribution in [0.5, 0.6) is 0 Å². The van der Waals surface area contributed by atoms with E-state index in [0.717, 1.165) is 5.75 Å². The largest absolute Gasteiger partial charge is 0.327 e. The Balaban J connectivity index is 2.09. The van der Waals surface area contributed by atoms with Crippen molar-refractivity contribution < 1.29 is 0 Å². The van der Waals surface area contributed by atoms with Crippen molar-refractivity contribution >= 4 is 11.8 Å². The van der Waals surface area contributed by atoms with Crippen molar-refractivity contribution in [3.05, 3.63) is 71.3 Å². The van der Waals surface area contributed by atoms with Crippen LogP contribution >= 0.6 is 11.8 Å². The van der Waals surface area contributed by atoms with E-state index in [0.29, 0.717) is 5.25 Å². The third-order valence-electron chi connectivity index (χ3n) is 3.12. The molecule has 2 atom stereocenters. The van der Waals surface area contributed by atoms with E-state index in [4.69, 9.17) is 5.73 Å². The number of hydrogen-bond donors (Lipinski definition) is 1. The van der Waals surface area contributed by atoms with Gasteiger partial charge in [-0.2, -0.15) is 0 Å². The average molecular weight is 271 g/mol. The van der Waals surface area contributed by atoms with Crippen molar-refractivity contribution in [1.29, 1.82) is 0 Å². The van der Waals surface area contributed by atoms with Crippen LogP contribution in [0.2, 0.25) is 0 Å². The lowest BCUT2D eigenvalue weighted by Gasteiger charge is -2.21. The Bertz CT molecular complexity index is 508. The summed E-state index contributed by atoms with van der Waals surface area (Å²) in [4.78, 5) is 0. The van der Waals surface area contributed by atoms with Crippen molar-refractivity contribution in [2.24, 2.45) is 5.73 Å². The fourth-order valence-corrected chi connectivity index (χ4v) is 3.37. The predicted molar refractivity (Wildman–Crippen MR) is 85.3 cm³/mol. The van der Waals surface area contributed by atoms with Crippen LogP contribution in [0.4, 0.5) is 0 Å². The monoisotopic (exact) mass is 271 g/mol. The summed E-state index contributed by atoms with van der Waals surface area (Å²) in [6.45, 7) is 4.22. The molecule has 0 heterocycles. The Kier molecular flexibility index (Phi) is 5.06. The molecule has 2 aromatic carbocycles. The molecule has 2 rings (SSSR count). The maximum atomic E-state index is 6.16. The molecule has 0 aromatic heterocycles. The minimum atomic E-state index is 0.149. The Morgan fingerprint density at radius 3 is 2.42 bits per heavy atom. The van der Waals surface area contributed by atoms with Crippen molar-refractivity contribution in [3.63, 3.8) is 0 Å². The van der Waals surface area contributed by atoms with Crippen LogP contribution in [0.1, 0.15) is 28.9 Å². The molecule has 0 aliphatic carbocycles. The van der Waals surface area contributed by atoms with E-state index >= 15 is 0 Å². The van der Waals surface area contributed by atoms with Gasteiger partial charge in [-0.15, -0.1) is 11.8 Å². The van der Waals surface area contributed by atoms with E-state index in [1.165, 1.54) is 16.7 Å². The summed E-state index contributed by atoms with van der Waals surface area (Å²) in [5.74, 6) is 1.00. The Labute approximate surface area is 120 Å². The second kappa shape index (κ2) is 6.78. The molecule has 2 aromatic rings. The summed E-state index contributed by atoms with van der Waals surface area (Å²) < 4.78 is 0. The molecule has 0 aliphatic heterocycles. The smallest absolute Gasteiger partial charge is 0.0449 e. The first-order chi connectivity index (χ1) is 9.16. The highest BCUT2D eigenvalue weighted by molar-refractivity contribution is 7.98. The average Bonchev–Trinajstić information content (AvgIpc) is 2.40. The van der Waals surface area contributed by atoms with Crippen molar-refractivity contribution in [2.45, 2.75) is 30.9 Å². The van der Waals surface area contributed by atoms with Crippen LogP contribution in [-0.2, 0) is 5.75 Å². The first kappa shape index (κ1) is 14.2. The molecule has 0 saturated heterocycles. The lowest BCUT2D eigenvalue weighted by atomic mass is 10.0. The van der Waals surface area contributed by atoms with Gasteiger partial charge in [-0.1, -0.05) is 60.2 Å². The van der Waals surface area contributed by atoms with E-state index < -0.39 is 0 Å². The van der Waals surface area contributed by atoms with Crippen LogP contribution in [0, 0.1) is 6.92 Å². The highest BCUT2D eigenvalue weighted by atomic mass is 32.2. The standard InChI is InChI=1S/C17H21NS/c1-13-7-6-10-16(11-13)17(14(2)18)19-12-15-8-4-3-5-9-15/h3-11,14,17H,12,18H2,1-2H3. The summed E-state index contributed by atoms with van der Waals surface area (Å²) in [6, 6.07) is 19.4. The molecule has 0 aliphatic rings. The van der Waals surface area contributed by atoms with Gasteiger partial charge in [-0.25, -0.2) is 0 Å². The minimum Gasteiger partial charge on any atom is -0.327 e. The molecule has 0 amide bonds. The third kappa shape index (κ3) is 4.12. The molecule has 100 valence electrons. The molecule has 0 fully saturated rings. The number of rotatable bonds is 5. The molecule has 0 saturated carbocycles. The van der Waals surface area contributed by atoms with E-state index in [1.54, 1.807) is 0 Å². The number of hydrogen-bond acceptors (Lipinski definition) is 2. The van der Waals surface area contributed by atoms with Gasteiger partial charge in [0, 0.05) is 17.0 Å². The maximum absolute atomic E-state index is 6.16. The van der Waals surface area contributed by atoms with Crippen LogP contribution < -0.4 is 5.73 Å². The van der Waals surface area contributed by atoms with Gasteiger partial charge in [0.1, 0.15) is 0 Å². The molecule has 1 nitrogen and oxygen atoms in total. The summed E-state index contributed by atoms with van der Waals surface area (Å²) >= 11 is 1.92. The molecule has 2 N–H and O–H groups in total. The number of nitrogens with two attached hydrogens (primary N) is 1. The van der Waals surface area contributed by atoms with Gasteiger partial charge in [-0.05, 0) is 25.0 Å². The second-order valence-corrected chi connectivity index (χ2v) is 6.12. The van der Waals surface area contributed by atoms with Crippen LogP contribution in [0.25, 0.3) is 0 Å². The first-order valence-electron chi connectivity index (χ1n) is 6.64. The van der Waals surface area contributed by atoms with Gasteiger partial charge >= 0.3 is 0 Å². The van der Waals surface area contributed by atoms with Crippen molar-refractivity contribution in [2.75, 3.05) is 0 Å². The maximum Gasteiger partial charge on any atom is 0.0449 e. The Hall–Kier alpha value is -1.25. The van der Waals surface area contributed by atoms with E-state index in [9.17, 15) is 0 Å². The van der Waals surface area contributed by atoms with Crippen LogP contribution in [0.15, 0.2) is 54.6 Å². The Morgan fingerprint density at radius 1 is 1.05 bits per heavy atom. The van der Waals surface area contributed by atoms with Gasteiger partial charge in [0.05, 0.1) is 0 Å².